The predicted molar refractivity (Wildman–Crippen MR) is 39.8 cm³/mol. The molecular formula is C6H8N2S. The van der Waals surface area contributed by atoms with Gasteiger partial charge in [-0.05, 0) is 6.08 Å². The molecule has 0 amide bonds. The van der Waals surface area contributed by atoms with Crippen molar-refractivity contribution in [1.29, 1.82) is 0 Å². The summed E-state index contributed by atoms with van der Waals surface area (Å²) in [7, 11) is 0. The van der Waals surface area contributed by atoms with E-state index in [4.69, 9.17) is 0 Å². The number of hydrogen-bond acceptors (Lipinski definition) is 3. The number of allylic oxidation sites excluding steroid dienone is 1. The molecule has 0 spiro atoms. The Bertz CT molecular complexity index is 183. The van der Waals surface area contributed by atoms with Crippen molar-refractivity contribution in [2.75, 3.05) is 12.4 Å². The molecular weight excluding hydrogens is 132 g/mol. The van der Waals surface area contributed by atoms with Gasteiger partial charge in [0, 0.05) is 6.54 Å². The first kappa shape index (κ1) is 5.23. The molecule has 48 valence electrons. The molecule has 9 heavy (non-hydrogen) atoms. The Morgan fingerprint density at radius 1 is 1.44 bits per heavy atom. The predicted octanol–water partition coefficient (Wildman–Crippen LogP) is 0.609. The van der Waals surface area contributed by atoms with Crippen LogP contribution >= 0.6 is 11.8 Å². The first-order valence-corrected chi connectivity index (χ1v) is 3.97. The molecule has 0 atom stereocenters. The SMILES string of the molecule is C1=CC2=C(NC1)SCN2. The molecule has 2 heterocycles. The van der Waals surface area contributed by atoms with Gasteiger partial charge >= 0.3 is 0 Å². The first-order valence-electron chi connectivity index (χ1n) is 2.98. The molecule has 0 saturated heterocycles. The standard InChI is InChI=1S/C6H8N2S/c1-2-5-6(7-3-1)9-4-8-5/h1-2,7-8H,3-4H2. The van der Waals surface area contributed by atoms with E-state index in [1.54, 1.807) is 0 Å². The molecule has 2 rings (SSSR count). The van der Waals surface area contributed by atoms with Gasteiger partial charge in [-0.3, -0.25) is 0 Å². The fourth-order valence-corrected chi connectivity index (χ4v) is 1.81. The van der Waals surface area contributed by atoms with Crippen molar-refractivity contribution in [1.82, 2.24) is 10.6 Å². The topological polar surface area (TPSA) is 24.1 Å². The third-order valence-electron chi connectivity index (χ3n) is 1.39. The van der Waals surface area contributed by atoms with Crippen LogP contribution in [0.15, 0.2) is 22.9 Å². The average molecular weight is 140 g/mol. The van der Waals surface area contributed by atoms with Crippen molar-refractivity contribution in [3.05, 3.63) is 22.9 Å². The van der Waals surface area contributed by atoms with E-state index in [2.05, 4.69) is 22.8 Å². The highest BCUT2D eigenvalue weighted by molar-refractivity contribution is 8.03. The number of hydrogen-bond donors (Lipinski definition) is 2. The second-order valence-electron chi connectivity index (χ2n) is 1.99. The van der Waals surface area contributed by atoms with Gasteiger partial charge in [-0.1, -0.05) is 17.8 Å². The molecule has 3 heteroatoms. The largest absolute Gasteiger partial charge is 0.375 e. The molecule has 2 aliphatic heterocycles. The maximum Gasteiger partial charge on any atom is 0.0937 e. The second kappa shape index (κ2) is 1.99. The lowest BCUT2D eigenvalue weighted by atomic mass is 10.3. The Kier molecular flexibility index (Phi) is 1.16. The summed E-state index contributed by atoms with van der Waals surface area (Å²) in [4.78, 5) is 0. The van der Waals surface area contributed by atoms with Crippen molar-refractivity contribution >= 4 is 11.8 Å². The molecule has 0 aromatic heterocycles. The summed E-state index contributed by atoms with van der Waals surface area (Å²) in [5.74, 6) is 1.02. The summed E-state index contributed by atoms with van der Waals surface area (Å²) < 4.78 is 0. The Balaban J connectivity index is 2.28. The molecule has 0 aliphatic carbocycles. The summed E-state index contributed by atoms with van der Waals surface area (Å²) in [6.45, 7) is 0.980. The minimum atomic E-state index is 0.980. The fraction of sp³-hybridized carbons (Fsp3) is 0.333. The third-order valence-corrected chi connectivity index (χ3v) is 2.33. The van der Waals surface area contributed by atoms with Crippen LogP contribution in [0.25, 0.3) is 0 Å². The lowest BCUT2D eigenvalue weighted by Gasteiger charge is -2.07. The van der Waals surface area contributed by atoms with E-state index in [0.717, 1.165) is 12.4 Å². The van der Waals surface area contributed by atoms with Crippen molar-refractivity contribution in [3.8, 4) is 0 Å². The van der Waals surface area contributed by atoms with E-state index in [0.29, 0.717) is 0 Å². The van der Waals surface area contributed by atoms with Gasteiger partial charge in [0.25, 0.3) is 0 Å². The molecule has 0 fully saturated rings. The van der Waals surface area contributed by atoms with Crippen molar-refractivity contribution in [2.24, 2.45) is 0 Å². The van der Waals surface area contributed by atoms with Gasteiger partial charge in [-0.2, -0.15) is 0 Å². The van der Waals surface area contributed by atoms with Crippen LogP contribution in [-0.2, 0) is 0 Å². The van der Waals surface area contributed by atoms with Crippen LogP contribution in [0, 0.1) is 0 Å². The molecule has 0 radical (unpaired) electrons. The Morgan fingerprint density at radius 2 is 2.44 bits per heavy atom. The Labute approximate surface area is 58.4 Å². The lowest BCUT2D eigenvalue weighted by Crippen LogP contribution is -2.16. The highest BCUT2D eigenvalue weighted by Gasteiger charge is 2.12. The molecule has 0 unspecified atom stereocenters. The van der Waals surface area contributed by atoms with Crippen molar-refractivity contribution in [3.63, 3.8) is 0 Å². The number of rotatable bonds is 0. The fourth-order valence-electron chi connectivity index (χ4n) is 0.953. The molecule has 0 aromatic rings. The monoisotopic (exact) mass is 140 g/mol. The first-order chi connectivity index (χ1) is 4.47. The van der Waals surface area contributed by atoms with Gasteiger partial charge < -0.3 is 10.6 Å². The summed E-state index contributed by atoms with van der Waals surface area (Å²) in [6, 6.07) is 0. The number of thioether (sulfide) groups is 1. The van der Waals surface area contributed by atoms with Gasteiger partial charge in [0.1, 0.15) is 0 Å². The van der Waals surface area contributed by atoms with E-state index in [1.807, 2.05) is 11.8 Å². The number of nitrogens with one attached hydrogen (secondary N) is 2. The summed E-state index contributed by atoms with van der Waals surface area (Å²) in [5.41, 5.74) is 1.26. The highest BCUT2D eigenvalue weighted by Crippen LogP contribution is 2.23. The minimum Gasteiger partial charge on any atom is -0.375 e. The molecule has 0 saturated carbocycles. The zero-order valence-corrected chi connectivity index (χ0v) is 5.79. The van der Waals surface area contributed by atoms with E-state index >= 15 is 0 Å². The van der Waals surface area contributed by atoms with Crippen LogP contribution in [0.4, 0.5) is 0 Å². The molecule has 2 nitrogen and oxygen atoms in total. The van der Waals surface area contributed by atoms with Crippen molar-refractivity contribution in [2.45, 2.75) is 0 Å². The van der Waals surface area contributed by atoms with Gasteiger partial charge in [0.05, 0.1) is 16.6 Å². The molecule has 2 N–H and O–H groups in total. The molecule has 0 aromatic carbocycles. The maximum absolute atomic E-state index is 3.27. The Hall–Kier alpha value is -0.570. The van der Waals surface area contributed by atoms with E-state index in [-0.39, 0.29) is 0 Å². The van der Waals surface area contributed by atoms with E-state index in [9.17, 15) is 0 Å². The van der Waals surface area contributed by atoms with Crippen LogP contribution in [-0.4, -0.2) is 12.4 Å². The van der Waals surface area contributed by atoms with Crippen LogP contribution in [0.2, 0.25) is 0 Å². The van der Waals surface area contributed by atoms with Crippen molar-refractivity contribution < 1.29 is 0 Å². The molecule has 2 aliphatic rings. The maximum atomic E-state index is 3.27. The van der Waals surface area contributed by atoms with Gasteiger partial charge in [-0.25, -0.2) is 0 Å². The molecule has 0 bridgehead atoms. The third kappa shape index (κ3) is 0.812. The van der Waals surface area contributed by atoms with Crippen LogP contribution in [0.5, 0.6) is 0 Å². The summed E-state index contributed by atoms with van der Waals surface area (Å²) in [5, 5.41) is 7.83. The lowest BCUT2D eigenvalue weighted by molar-refractivity contribution is 0.902. The Morgan fingerprint density at radius 3 is 3.33 bits per heavy atom. The zero-order valence-electron chi connectivity index (χ0n) is 4.98. The van der Waals surface area contributed by atoms with Crippen LogP contribution in [0.1, 0.15) is 0 Å². The zero-order chi connectivity index (χ0) is 6.10. The normalized spacial score (nSPS) is 23.1. The highest BCUT2D eigenvalue weighted by atomic mass is 32.2. The summed E-state index contributed by atoms with van der Waals surface area (Å²) in [6.07, 6.45) is 4.25. The van der Waals surface area contributed by atoms with Gasteiger partial charge in [0.2, 0.25) is 0 Å². The number of dihydropyridines is 1. The quantitative estimate of drug-likeness (QED) is 0.515. The smallest absolute Gasteiger partial charge is 0.0937 e. The van der Waals surface area contributed by atoms with Gasteiger partial charge in [-0.15, -0.1) is 0 Å². The average Bonchev–Trinajstić information content (AvgIpc) is 2.33. The second-order valence-corrected chi connectivity index (χ2v) is 2.98. The van der Waals surface area contributed by atoms with Gasteiger partial charge in [0.15, 0.2) is 0 Å². The van der Waals surface area contributed by atoms with Crippen LogP contribution < -0.4 is 10.6 Å². The minimum absolute atomic E-state index is 0.980. The van der Waals surface area contributed by atoms with Crippen LogP contribution in [0.3, 0.4) is 0 Å². The summed E-state index contributed by atoms with van der Waals surface area (Å²) >= 11 is 1.83. The van der Waals surface area contributed by atoms with E-state index in [1.165, 1.54) is 10.7 Å². The van der Waals surface area contributed by atoms with E-state index < -0.39 is 0 Å².